The van der Waals surface area contributed by atoms with Crippen LogP contribution in [0.5, 0.6) is 0 Å². The summed E-state index contributed by atoms with van der Waals surface area (Å²) in [6.07, 6.45) is 4.38. The molecule has 1 saturated heterocycles. The Morgan fingerprint density at radius 2 is 1.76 bits per heavy atom. The zero-order valence-corrected chi connectivity index (χ0v) is 18.8. The van der Waals surface area contributed by atoms with Crippen LogP contribution in [0.4, 0.5) is 0 Å². The Kier molecular flexibility index (Phi) is 6.34. The predicted octanol–water partition coefficient (Wildman–Crippen LogP) is 3.73. The summed E-state index contributed by atoms with van der Waals surface area (Å²) in [4.78, 5) is 13.4. The maximum Gasteiger partial charge on any atom is 0.262 e. The third-order valence-electron chi connectivity index (χ3n) is 5.96. The van der Waals surface area contributed by atoms with Crippen LogP contribution in [0, 0.1) is 0 Å². The third kappa shape index (κ3) is 4.26. The molecule has 1 saturated carbocycles. The van der Waals surface area contributed by atoms with Crippen molar-refractivity contribution < 1.29 is 13.2 Å². The van der Waals surface area contributed by atoms with E-state index >= 15 is 0 Å². The number of nitrogens with zero attached hydrogens (tertiary/aromatic N) is 1. The van der Waals surface area contributed by atoms with Crippen LogP contribution in [-0.2, 0) is 15.4 Å². The minimum absolute atomic E-state index is 0.0582. The van der Waals surface area contributed by atoms with Crippen LogP contribution in [-0.4, -0.2) is 49.8 Å². The Labute approximate surface area is 180 Å². The van der Waals surface area contributed by atoms with Gasteiger partial charge in [-0.15, -0.1) is 11.3 Å². The lowest BCUT2D eigenvalue weighted by Crippen LogP contribution is -2.40. The molecule has 29 heavy (non-hydrogen) atoms. The molecule has 4 rings (SSSR count). The van der Waals surface area contributed by atoms with E-state index in [0.29, 0.717) is 24.5 Å². The molecule has 0 bridgehead atoms. The van der Waals surface area contributed by atoms with Crippen molar-refractivity contribution in [3.63, 3.8) is 0 Å². The fourth-order valence-electron chi connectivity index (χ4n) is 4.33. The molecule has 2 aromatic rings. The Morgan fingerprint density at radius 1 is 1.07 bits per heavy atom. The average Bonchev–Trinajstić information content (AvgIpc) is 3.44. The normalized spacial score (nSPS) is 19.9. The summed E-state index contributed by atoms with van der Waals surface area (Å²) in [5.41, 5.74) is 1.19. The summed E-state index contributed by atoms with van der Waals surface area (Å²) < 4.78 is 27.6. The third-order valence-corrected chi connectivity index (χ3v) is 9.88. The molecule has 156 valence electrons. The Morgan fingerprint density at radius 3 is 2.45 bits per heavy atom. The van der Waals surface area contributed by atoms with Crippen LogP contribution in [0.2, 0.25) is 0 Å². The highest BCUT2D eigenvalue weighted by molar-refractivity contribution is 7.99. The quantitative estimate of drug-likeness (QED) is 0.728. The molecule has 1 aromatic carbocycles. The Hall–Kier alpha value is -1.35. The molecule has 2 fully saturated rings. The van der Waals surface area contributed by atoms with Crippen molar-refractivity contribution in [3.05, 3.63) is 52.2 Å². The molecule has 1 aliphatic carbocycles. The summed E-state index contributed by atoms with van der Waals surface area (Å²) >= 11 is 2.96. The summed E-state index contributed by atoms with van der Waals surface area (Å²) in [5, 5.41) is 4.76. The first-order chi connectivity index (χ1) is 14.0. The van der Waals surface area contributed by atoms with E-state index in [4.69, 9.17) is 0 Å². The fourth-order valence-corrected chi connectivity index (χ4v) is 8.23. The molecule has 1 amide bonds. The Bertz CT molecular complexity index is 945. The molecule has 0 spiro atoms. The largest absolute Gasteiger partial charge is 0.350 e. The lowest BCUT2D eigenvalue weighted by molar-refractivity contribution is 0.0944. The molecule has 1 aliphatic heterocycles. The van der Waals surface area contributed by atoms with Crippen LogP contribution < -0.4 is 5.32 Å². The minimum atomic E-state index is -3.63. The molecule has 2 heterocycles. The molecule has 8 heteroatoms. The SMILES string of the molecule is O=C(NCC1(c2ccccc2)CCCC1)c1sccc1S(=O)(=O)N1CCSCC1. The van der Waals surface area contributed by atoms with Crippen LogP contribution in [0.15, 0.2) is 46.7 Å². The van der Waals surface area contributed by atoms with Crippen molar-refractivity contribution >= 4 is 39.0 Å². The highest BCUT2D eigenvalue weighted by Gasteiger charge is 2.37. The van der Waals surface area contributed by atoms with E-state index < -0.39 is 10.0 Å². The van der Waals surface area contributed by atoms with Gasteiger partial charge in [-0.25, -0.2) is 8.42 Å². The van der Waals surface area contributed by atoms with Crippen LogP contribution in [0.25, 0.3) is 0 Å². The molecular weight excluding hydrogens is 424 g/mol. The average molecular weight is 451 g/mol. The second kappa shape index (κ2) is 8.79. The number of sulfonamides is 1. The zero-order chi connectivity index (χ0) is 20.3. The number of hydrogen-bond donors (Lipinski definition) is 1. The van der Waals surface area contributed by atoms with Gasteiger partial charge in [0, 0.05) is 36.6 Å². The number of hydrogen-bond acceptors (Lipinski definition) is 5. The van der Waals surface area contributed by atoms with Gasteiger partial charge in [0.25, 0.3) is 5.91 Å². The molecule has 1 aromatic heterocycles. The summed E-state index contributed by atoms with van der Waals surface area (Å²) in [6.45, 7) is 1.54. The van der Waals surface area contributed by atoms with Crippen molar-refractivity contribution in [1.29, 1.82) is 0 Å². The van der Waals surface area contributed by atoms with Gasteiger partial charge in [-0.2, -0.15) is 16.1 Å². The van der Waals surface area contributed by atoms with Crippen LogP contribution in [0.1, 0.15) is 40.9 Å². The van der Waals surface area contributed by atoms with Gasteiger partial charge in [0.1, 0.15) is 9.77 Å². The van der Waals surface area contributed by atoms with E-state index in [0.717, 1.165) is 37.2 Å². The van der Waals surface area contributed by atoms with Gasteiger partial charge >= 0.3 is 0 Å². The highest BCUT2D eigenvalue weighted by Crippen LogP contribution is 2.40. The standard InChI is InChI=1S/C21H26N2O3S3/c24-20(22-16-21(9-4-5-10-21)17-6-2-1-3-7-17)19-18(8-13-28-19)29(25,26)23-11-14-27-15-12-23/h1-3,6-8,13H,4-5,9-12,14-16H2,(H,22,24). The Balaban J connectivity index is 1.52. The second-order valence-corrected chi connectivity index (χ2v) is 11.7. The van der Waals surface area contributed by atoms with Crippen LogP contribution in [0.3, 0.4) is 0 Å². The number of rotatable bonds is 6. The van der Waals surface area contributed by atoms with Gasteiger partial charge in [0.05, 0.1) is 0 Å². The van der Waals surface area contributed by atoms with Gasteiger partial charge < -0.3 is 5.32 Å². The van der Waals surface area contributed by atoms with Gasteiger partial charge in [-0.1, -0.05) is 43.2 Å². The lowest BCUT2D eigenvalue weighted by atomic mass is 9.79. The topological polar surface area (TPSA) is 66.5 Å². The molecule has 0 unspecified atom stereocenters. The molecule has 0 radical (unpaired) electrons. The molecule has 2 aliphatic rings. The van der Waals surface area contributed by atoms with Gasteiger partial charge in [-0.3, -0.25) is 4.79 Å². The highest BCUT2D eigenvalue weighted by atomic mass is 32.2. The van der Waals surface area contributed by atoms with E-state index in [1.165, 1.54) is 21.2 Å². The number of carbonyl (C=O) groups excluding carboxylic acids is 1. The van der Waals surface area contributed by atoms with Crippen molar-refractivity contribution in [2.75, 3.05) is 31.1 Å². The molecule has 1 N–H and O–H groups in total. The maximum absolute atomic E-state index is 13.1. The van der Waals surface area contributed by atoms with Crippen molar-refractivity contribution in [1.82, 2.24) is 9.62 Å². The second-order valence-electron chi connectivity index (χ2n) is 7.67. The lowest BCUT2D eigenvalue weighted by Gasteiger charge is -2.30. The van der Waals surface area contributed by atoms with E-state index in [1.807, 2.05) is 18.2 Å². The zero-order valence-electron chi connectivity index (χ0n) is 16.3. The number of amides is 1. The first kappa shape index (κ1) is 20.9. The number of thioether (sulfide) groups is 1. The monoisotopic (exact) mass is 450 g/mol. The van der Waals surface area contributed by atoms with Crippen molar-refractivity contribution in [2.24, 2.45) is 0 Å². The summed E-state index contributed by atoms with van der Waals surface area (Å²) in [7, 11) is -3.63. The van der Waals surface area contributed by atoms with Gasteiger partial charge in [0.15, 0.2) is 0 Å². The van der Waals surface area contributed by atoms with Gasteiger partial charge in [-0.05, 0) is 29.9 Å². The van der Waals surface area contributed by atoms with Gasteiger partial charge in [0.2, 0.25) is 10.0 Å². The van der Waals surface area contributed by atoms with Crippen molar-refractivity contribution in [3.8, 4) is 0 Å². The number of nitrogens with one attached hydrogen (secondary N) is 1. The summed E-state index contributed by atoms with van der Waals surface area (Å²) in [5.74, 6) is 1.31. The first-order valence-electron chi connectivity index (χ1n) is 10.0. The predicted molar refractivity (Wildman–Crippen MR) is 119 cm³/mol. The van der Waals surface area contributed by atoms with E-state index in [-0.39, 0.29) is 16.2 Å². The van der Waals surface area contributed by atoms with E-state index in [9.17, 15) is 13.2 Å². The molecule has 5 nitrogen and oxygen atoms in total. The first-order valence-corrected chi connectivity index (χ1v) is 13.5. The summed E-state index contributed by atoms with van der Waals surface area (Å²) in [6, 6.07) is 11.9. The minimum Gasteiger partial charge on any atom is -0.350 e. The van der Waals surface area contributed by atoms with E-state index in [1.54, 1.807) is 23.2 Å². The number of thiophene rings is 1. The smallest absolute Gasteiger partial charge is 0.262 e. The van der Waals surface area contributed by atoms with Crippen LogP contribution >= 0.6 is 23.1 Å². The maximum atomic E-state index is 13.1. The molecular formula is C21H26N2O3S3. The number of carbonyl (C=O) groups is 1. The molecule has 0 atom stereocenters. The number of benzene rings is 1. The van der Waals surface area contributed by atoms with Crippen molar-refractivity contribution in [2.45, 2.75) is 36.0 Å². The fraction of sp³-hybridized carbons (Fsp3) is 0.476. The van der Waals surface area contributed by atoms with E-state index in [2.05, 4.69) is 17.4 Å².